The van der Waals surface area contributed by atoms with Crippen molar-refractivity contribution in [2.75, 3.05) is 26.2 Å². The van der Waals surface area contributed by atoms with Gasteiger partial charge in [-0.25, -0.2) is 0 Å². The quantitative estimate of drug-likeness (QED) is 0.791. The number of piperidine rings is 1. The minimum atomic E-state index is 0.196. The molecule has 2 fully saturated rings. The lowest BCUT2D eigenvalue weighted by Crippen LogP contribution is -2.56. The van der Waals surface area contributed by atoms with Gasteiger partial charge in [0.15, 0.2) is 0 Å². The van der Waals surface area contributed by atoms with E-state index >= 15 is 0 Å². The van der Waals surface area contributed by atoms with E-state index in [0.29, 0.717) is 6.04 Å². The van der Waals surface area contributed by atoms with Crippen molar-refractivity contribution in [3.8, 4) is 0 Å². The molecule has 3 heterocycles. The van der Waals surface area contributed by atoms with Crippen LogP contribution in [0, 0.1) is 0 Å². The van der Waals surface area contributed by atoms with Crippen molar-refractivity contribution in [2.45, 2.75) is 25.3 Å². The van der Waals surface area contributed by atoms with E-state index in [1.165, 1.54) is 37.1 Å². The molecule has 3 rings (SSSR count). The number of hydrogen-bond donors (Lipinski definition) is 0. The molecule has 5 heteroatoms. The second kappa shape index (κ2) is 5.31. The third-order valence-electron chi connectivity index (χ3n) is 3.94. The maximum absolute atomic E-state index is 12.4. The molecule has 2 aliphatic rings. The van der Waals surface area contributed by atoms with E-state index in [4.69, 9.17) is 0 Å². The SMILES string of the molecule is O=C(c1sccc1Br)N1CCN2CCCC[C@@H]2C1. The summed E-state index contributed by atoms with van der Waals surface area (Å²) in [6.45, 7) is 4.04. The molecule has 1 aromatic rings. The molecule has 2 aliphatic heterocycles. The van der Waals surface area contributed by atoms with Crippen molar-refractivity contribution in [2.24, 2.45) is 0 Å². The van der Waals surface area contributed by atoms with Gasteiger partial charge < -0.3 is 4.90 Å². The summed E-state index contributed by atoms with van der Waals surface area (Å²) < 4.78 is 0.934. The number of carbonyl (C=O) groups excluding carboxylic acids is 1. The zero-order chi connectivity index (χ0) is 12.5. The van der Waals surface area contributed by atoms with Crippen LogP contribution in [0.3, 0.4) is 0 Å². The van der Waals surface area contributed by atoms with E-state index in [2.05, 4.69) is 20.8 Å². The maximum atomic E-state index is 12.4. The van der Waals surface area contributed by atoms with E-state index in [1.54, 1.807) is 0 Å². The van der Waals surface area contributed by atoms with E-state index in [1.807, 2.05) is 16.3 Å². The summed E-state index contributed by atoms with van der Waals surface area (Å²) in [5.74, 6) is 0.196. The molecular formula is C13H17BrN2OS. The number of nitrogens with zero attached hydrogens (tertiary/aromatic N) is 2. The molecule has 1 amide bonds. The molecule has 2 saturated heterocycles. The monoisotopic (exact) mass is 328 g/mol. The highest BCUT2D eigenvalue weighted by molar-refractivity contribution is 9.10. The van der Waals surface area contributed by atoms with Crippen LogP contribution < -0.4 is 0 Å². The summed E-state index contributed by atoms with van der Waals surface area (Å²) in [5.41, 5.74) is 0. The minimum absolute atomic E-state index is 0.196. The highest BCUT2D eigenvalue weighted by Gasteiger charge is 2.32. The standard InChI is InChI=1S/C13H17BrN2OS/c14-11-4-8-18-12(11)13(17)16-7-6-15-5-2-1-3-10(15)9-16/h4,8,10H,1-3,5-7,9H2/t10-/m1/s1. The molecule has 0 radical (unpaired) electrons. The van der Waals surface area contributed by atoms with Gasteiger partial charge >= 0.3 is 0 Å². The fourth-order valence-electron chi connectivity index (χ4n) is 2.93. The number of hydrogen-bond acceptors (Lipinski definition) is 3. The van der Waals surface area contributed by atoms with Gasteiger partial charge in [0, 0.05) is 30.1 Å². The summed E-state index contributed by atoms with van der Waals surface area (Å²) >= 11 is 4.98. The Labute approximate surface area is 120 Å². The summed E-state index contributed by atoms with van der Waals surface area (Å²) in [6, 6.07) is 2.55. The molecule has 98 valence electrons. The Bertz CT molecular complexity index is 448. The van der Waals surface area contributed by atoms with Crippen LogP contribution in [0.1, 0.15) is 28.9 Å². The first kappa shape index (κ1) is 12.6. The maximum Gasteiger partial charge on any atom is 0.265 e. The predicted octanol–water partition coefficient (Wildman–Crippen LogP) is 2.82. The summed E-state index contributed by atoms with van der Waals surface area (Å²) in [7, 11) is 0. The van der Waals surface area contributed by atoms with Crippen LogP contribution in [0.15, 0.2) is 15.9 Å². The van der Waals surface area contributed by atoms with Crippen LogP contribution >= 0.6 is 27.3 Å². The fraction of sp³-hybridized carbons (Fsp3) is 0.615. The van der Waals surface area contributed by atoms with Gasteiger partial charge in [0.1, 0.15) is 4.88 Å². The van der Waals surface area contributed by atoms with Gasteiger partial charge in [-0.05, 0) is 46.8 Å². The van der Waals surface area contributed by atoms with Crippen LogP contribution in [0.4, 0.5) is 0 Å². The Hall–Kier alpha value is -0.390. The smallest absolute Gasteiger partial charge is 0.265 e. The normalized spacial score (nSPS) is 24.9. The summed E-state index contributed by atoms with van der Waals surface area (Å²) in [5, 5.41) is 1.97. The average Bonchev–Trinajstić information content (AvgIpc) is 2.83. The molecule has 0 spiro atoms. The largest absolute Gasteiger partial charge is 0.335 e. The van der Waals surface area contributed by atoms with E-state index in [0.717, 1.165) is 29.0 Å². The molecular weight excluding hydrogens is 312 g/mol. The Morgan fingerprint density at radius 3 is 3.00 bits per heavy atom. The topological polar surface area (TPSA) is 23.6 Å². The average molecular weight is 329 g/mol. The molecule has 1 aromatic heterocycles. The molecule has 0 aromatic carbocycles. The Morgan fingerprint density at radius 1 is 1.33 bits per heavy atom. The molecule has 0 bridgehead atoms. The van der Waals surface area contributed by atoms with E-state index < -0.39 is 0 Å². The lowest BCUT2D eigenvalue weighted by atomic mass is 9.99. The van der Waals surface area contributed by atoms with Gasteiger partial charge in [0.2, 0.25) is 0 Å². The lowest BCUT2D eigenvalue weighted by molar-refractivity contribution is 0.0375. The van der Waals surface area contributed by atoms with Crippen LogP contribution in [-0.2, 0) is 0 Å². The zero-order valence-electron chi connectivity index (χ0n) is 10.3. The van der Waals surface area contributed by atoms with E-state index in [9.17, 15) is 4.79 Å². The molecule has 0 unspecified atom stereocenters. The van der Waals surface area contributed by atoms with Crippen LogP contribution in [0.2, 0.25) is 0 Å². The Morgan fingerprint density at radius 2 is 2.22 bits per heavy atom. The van der Waals surface area contributed by atoms with Crippen molar-refractivity contribution >= 4 is 33.2 Å². The molecule has 1 atom stereocenters. The third-order valence-corrected chi connectivity index (χ3v) is 5.76. The first-order valence-corrected chi connectivity index (χ1v) is 8.19. The van der Waals surface area contributed by atoms with Gasteiger partial charge in [-0.15, -0.1) is 11.3 Å². The van der Waals surface area contributed by atoms with Crippen molar-refractivity contribution in [1.82, 2.24) is 9.80 Å². The first-order valence-electron chi connectivity index (χ1n) is 6.52. The molecule has 3 nitrogen and oxygen atoms in total. The number of piperazine rings is 1. The van der Waals surface area contributed by atoms with Crippen LogP contribution in [0.5, 0.6) is 0 Å². The number of amides is 1. The van der Waals surface area contributed by atoms with Gasteiger partial charge in [0.25, 0.3) is 5.91 Å². The molecule has 0 aliphatic carbocycles. The lowest BCUT2D eigenvalue weighted by Gasteiger charge is -2.43. The summed E-state index contributed by atoms with van der Waals surface area (Å²) in [6.07, 6.45) is 3.88. The second-order valence-electron chi connectivity index (χ2n) is 5.03. The first-order chi connectivity index (χ1) is 8.75. The fourth-order valence-corrected chi connectivity index (χ4v) is 4.44. The minimum Gasteiger partial charge on any atom is -0.335 e. The van der Waals surface area contributed by atoms with Crippen molar-refractivity contribution in [3.63, 3.8) is 0 Å². The van der Waals surface area contributed by atoms with Crippen LogP contribution in [0.25, 0.3) is 0 Å². The van der Waals surface area contributed by atoms with Gasteiger partial charge in [-0.2, -0.15) is 0 Å². The Kier molecular flexibility index (Phi) is 3.73. The molecule has 0 N–H and O–H groups in total. The van der Waals surface area contributed by atoms with Crippen LogP contribution in [-0.4, -0.2) is 47.9 Å². The number of carbonyl (C=O) groups is 1. The summed E-state index contributed by atoms with van der Waals surface area (Å²) in [4.78, 5) is 17.9. The van der Waals surface area contributed by atoms with Crippen molar-refractivity contribution in [3.05, 3.63) is 20.8 Å². The van der Waals surface area contributed by atoms with Gasteiger partial charge in [-0.1, -0.05) is 6.42 Å². The number of fused-ring (bicyclic) bond motifs is 1. The van der Waals surface area contributed by atoms with Crippen molar-refractivity contribution in [1.29, 1.82) is 0 Å². The Balaban J connectivity index is 1.70. The highest BCUT2D eigenvalue weighted by Crippen LogP contribution is 2.27. The van der Waals surface area contributed by atoms with Crippen molar-refractivity contribution < 1.29 is 4.79 Å². The highest BCUT2D eigenvalue weighted by atomic mass is 79.9. The van der Waals surface area contributed by atoms with Gasteiger partial charge in [0.05, 0.1) is 0 Å². The molecule has 0 saturated carbocycles. The zero-order valence-corrected chi connectivity index (χ0v) is 12.7. The number of halogens is 1. The van der Waals surface area contributed by atoms with Gasteiger partial charge in [-0.3, -0.25) is 9.69 Å². The third kappa shape index (κ3) is 2.36. The number of thiophene rings is 1. The second-order valence-corrected chi connectivity index (χ2v) is 6.80. The molecule has 18 heavy (non-hydrogen) atoms. The van der Waals surface area contributed by atoms with E-state index in [-0.39, 0.29) is 5.91 Å². The number of rotatable bonds is 1. The predicted molar refractivity (Wildman–Crippen MR) is 77.1 cm³/mol.